The number of likely N-dealkylation sites (N-methyl/N-ethyl adjacent to an activating group) is 1. The number of allylic oxidation sites excluding steroid dienone is 2. The van der Waals surface area contributed by atoms with Crippen molar-refractivity contribution < 1.29 is 18.8 Å². The molecule has 1 aromatic carbocycles. The highest BCUT2D eigenvalue weighted by Crippen LogP contribution is 2.25. The highest BCUT2D eigenvalue weighted by atomic mass is 19.3. The molecular weight excluding hydrogens is 378 g/mol. The van der Waals surface area contributed by atoms with Crippen molar-refractivity contribution in [3.63, 3.8) is 0 Å². The van der Waals surface area contributed by atoms with Crippen molar-refractivity contribution in [2.45, 2.75) is 39.3 Å². The van der Waals surface area contributed by atoms with Crippen LogP contribution in [0.5, 0.6) is 5.75 Å². The summed E-state index contributed by atoms with van der Waals surface area (Å²) in [5, 5.41) is 14.1. The normalized spacial score (nSPS) is 23.2. The van der Waals surface area contributed by atoms with Gasteiger partial charge in [0.05, 0.1) is 11.6 Å². The zero-order valence-electron chi connectivity index (χ0n) is 16.9. The van der Waals surface area contributed by atoms with E-state index in [2.05, 4.69) is 22.5 Å². The van der Waals surface area contributed by atoms with E-state index in [1.54, 1.807) is 37.4 Å². The number of guanidine groups is 1. The molecule has 1 fully saturated rings. The van der Waals surface area contributed by atoms with Crippen LogP contribution in [0.15, 0.2) is 40.1 Å². The van der Waals surface area contributed by atoms with Crippen LogP contribution in [0.4, 0.5) is 8.78 Å². The van der Waals surface area contributed by atoms with Gasteiger partial charge >= 0.3 is 12.6 Å². The molecule has 0 amide bonds. The topological polar surface area (TPSA) is 89.7 Å². The zero-order valence-corrected chi connectivity index (χ0v) is 16.9. The molecule has 0 bridgehead atoms. The summed E-state index contributed by atoms with van der Waals surface area (Å²) < 4.78 is 30.5. The molecule has 1 aromatic rings. The fourth-order valence-corrected chi connectivity index (χ4v) is 3.51. The van der Waals surface area contributed by atoms with Crippen molar-refractivity contribution in [1.82, 2.24) is 10.3 Å². The van der Waals surface area contributed by atoms with Gasteiger partial charge in [0.15, 0.2) is 11.4 Å². The molecule has 1 atom stereocenters. The van der Waals surface area contributed by atoms with Crippen LogP contribution in [0.1, 0.15) is 30.9 Å². The number of hydrogen-bond acceptors (Lipinski definition) is 5. The minimum absolute atomic E-state index is 0.0526. The van der Waals surface area contributed by atoms with E-state index in [4.69, 9.17) is 15.1 Å². The number of likely N-dealkylation sites (tertiary alicyclic amines) is 1. The highest BCUT2D eigenvalue weighted by Gasteiger charge is 2.27. The van der Waals surface area contributed by atoms with Gasteiger partial charge in [-0.2, -0.15) is 13.9 Å². The number of rotatable bonds is 5. The van der Waals surface area contributed by atoms with E-state index in [1.165, 1.54) is 0 Å². The monoisotopic (exact) mass is 405 g/mol. The van der Waals surface area contributed by atoms with Crippen LogP contribution in [-0.2, 0) is 0 Å². The maximum absolute atomic E-state index is 12.9. The Morgan fingerprint density at radius 2 is 2.28 bits per heavy atom. The molecular formula is C20H27F2N6O+. The van der Waals surface area contributed by atoms with Crippen LogP contribution in [0, 0.1) is 12.3 Å². The van der Waals surface area contributed by atoms with Gasteiger partial charge in [-0.15, -0.1) is 0 Å². The first-order chi connectivity index (χ1) is 13.8. The molecule has 29 heavy (non-hydrogen) atoms. The summed E-state index contributed by atoms with van der Waals surface area (Å²) in [4.78, 5) is 7.00. The average Bonchev–Trinajstić information content (AvgIpc) is 2.62. The number of quaternary nitrogens is 1. The van der Waals surface area contributed by atoms with E-state index in [1.807, 2.05) is 6.07 Å². The first-order valence-corrected chi connectivity index (χ1v) is 9.59. The third-order valence-corrected chi connectivity index (χ3v) is 4.75. The summed E-state index contributed by atoms with van der Waals surface area (Å²) in [6, 6.07) is 5.24. The van der Waals surface area contributed by atoms with Crippen molar-refractivity contribution >= 4 is 17.4 Å². The molecule has 0 saturated carbocycles. The van der Waals surface area contributed by atoms with Crippen molar-refractivity contribution in [3.8, 4) is 5.75 Å². The van der Waals surface area contributed by atoms with E-state index in [0.29, 0.717) is 28.6 Å². The van der Waals surface area contributed by atoms with E-state index in [-0.39, 0.29) is 11.8 Å². The number of hydrazone groups is 1. The van der Waals surface area contributed by atoms with Crippen LogP contribution in [0.3, 0.4) is 0 Å². The van der Waals surface area contributed by atoms with Crippen molar-refractivity contribution in [3.05, 3.63) is 41.1 Å². The van der Waals surface area contributed by atoms with Gasteiger partial charge in [0.1, 0.15) is 5.75 Å². The fourth-order valence-electron chi connectivity index (χ4n) is 3.51. The second-order valence-corrected chi connectivity index (χ2v) is 7.45. The lowest BCUT2D eigenvalue weighted by atomic mass is 10.0. The van der Waals surface area contributed by atoms with Crippen LogP contribution >= 0.6 is 0 Å². The first kappa shape index (κ1) is 21.1. The first-order valence-electron chi connectivity index (χ1n) is 9.59. The van der Waals surface area contributed by atoms with Crippen molar-refractivity contribution in [1.29, 1.82) is 5.41 Å². The number of halogens is 2. The van der Waals surface area contributed by atoms with Gasteiger partial charge in [0.25, 0.3) is 0 Å². The Balaban J connectivity index is 1.94. The summed E-state index contributed by atoms with van der Waals surface area (Å²) in [6.07, 6.45) is 3.74. The Kier molecular flexibility index (Phi) is 6.71. The molecule has 0 spiro atoms. The molecule has 1 unspecified atom stereocenters. The fraction of sp³-hybridized carbons (Fsp3) is 0.450. The van der Waals surface area contributed by atoms with Gasteiger partial charge in [-0.3, -0.25) is 0 Å². The van der Waals surface area contributed by atoms with Gasteiger partial charge in [-0.25, -0.2) is 15.7 Å². The number of benzene rings is 1. The van der Waals surface area contributed by atoms with Crippen molar-refractivity contribution in [2.75, 3.05) is 20.1 Å². The highest BCUT2D eigenvalue weighted by molar-refractivity contribution is 6.16. The summed E-state index contributed by atoms with van der Waals surface area (Å²) in [6.45, 7) is 2.47. The maximum atomic E-state index is 12.9. The standard InChI is InChI=1S/C20H26F2N6O/c1-12-6-7-15(17(9-12)29-19(21)22)18-16(10-13(2)23)25-20(27-26-18)24-14-5-4-8-28(3)11-14/h6-7,9-10,14,19,23H,4-5,8,11H2,1-3H3,(H2,24,25,27)/p+1/b16-10-,23-13?. The summed E-state index contributed by atoms with van der Waals surface area (Å²) in [5.41, 5.74) is 5.56. The summed E-state index contributed by atoms with van der Waals surface area (Å²) in [5.74, 6) is 0.654. The molecule has 2 aliphatic rings. The molecule has 2 aliphatic heterocycles. The lowest BCUT2D eigenvalue weighted by molar-refractivity contribution is -0.481. The van der Waals surface area contributed by atoms with E-state index in [9.17, 15) is 8.78 Å². The third-order valence-electron chi connectivity index (χ3n) is 4.75. The van der Waals surface area contributed by atoms with Crippen LogP contribution in [0.25, 0.3) is 0 Å². The van der Waals surface area contributed by atoms with Crippen LogP contribution in [-0.4, -0.2) is 55.1 Å². The summed E-state index contributed by atoms with van der Waals surface area (Å²) >= 11 is 0. The van der Waals surface area contributed by atoms with E-state index in [0.717, 1.165) is 31.5 Å². The maximum Gasteiger partial charge on any atom is 0.387 e. The number of aryl methyl sites for hydroxylation is 1. The van der Waals surface area contributed by atoms with Gasteiger partial charge in [0.2, 0.25) is 0 Å². The molecule has 9 heteroatoms. The molecule has 2 heterocycles. The molecule has 0 aliphatic carbocycles. The molecule has 3 rings (SSSR count). The molecule has 1 saturated heterocycles. The molecule has 0 radical (unpaired) electrons. The molecule has 156 valence electrons. The quantitative estimate of drug-likeness (QED) is 0.653. The largest absolute Gasteiger partial charge is 0.434 e. The Labute approximate surface area is 169 Å². The predicted molar refractivity (Wildman–Crippen MR) is 109 cm³/mol. The lowest BCUT2D eigenvalue weighted by Crippen LogP contribution is -2.92. The Morgan fingerprint density at radius 1 is 1.48 bits per heavy atom. The summed E-state index contributed by atoms with van der Waals surface area (Å²) in [7, 11) is 2.08. The number of ether oxygens (including phenoxy) is 1. The zero-order chi connectivity index (χ0) is 21.0. The number of piperidine rings is 1. The van der Waals surface area contributed by atoms with Crippen molar-refractivity contribution in [2.24, 2.45) is 10.1 Å². The Bertz CT molecular complexity index is 865. The molecule has 7 nitrogen and oxygen atoms in total. The van der Waals surface area contributed by atoms with Gasteiger partial charge in [-0.05, 0) is 58.0 Å². The second-order valence-electron chi connectivity index (χ2n) is 7.45. The SMILES string of the molecule is CC(=N)/C=C1\[NH2+]C(=NC2CCCN(C)C2)NN=C1c1ccc(C)cc1OC(F)F. The number of nitrogens with two attached hydrogens (primary N) is 1. The van der Waals surface area contributed by atoms with Gasteiger partial charge in [-0.1, -0.05) is 6.07 Å². The molecule has 4 N–H and O–H groups in total. The number of nitrogens with zero attached hydrogens (tertiary/aromatic N) is 3. The second kappa shape index (κ2) is 9.23. The predicted octanol–water partition coefficient (Wildman–Crippen LogP) is 1.84. The van der Waals surface area contributed by atoms with Gasteiger partial charge in [0, 0.05) is 18.3 Å². The Hall–Kier alpha value is -2.65. The smallest absolute Gasteiger partial charge is 0.387 e. The van der Waals surface area contributed by atoms with Crippen LogP contribution < -0.4 is 15.5 Å². The van der Waals surface area contributed by atoms with Gasteiger partial charge < -0.3 is 15.0 Å². The minimum atomic E-state index is -2.94. The minimum Gasteiger partial charge on any atom is -0.434 e. The number of alkyl halides is 2. The van der Waals surface area contributed by atoms with E-state index < -0.39 is 6.61 Å². The van der Waals surface area contributed by atoms with E-state index >= 15 is 0 Å². The van der Waals surface area contributed by atoms with Crippen LogP contribution in [0.2, 0.25) is 0 Å². The number of aliphatic imine (C=N–C) groups is 1. The average molecular weight is 405 g/mol. The third kappa shape index (κ3) is 5.68. The lowest BCUT2D eigenvalue weighted by Gasteiger charge is -2.27. The number of nitrogens with one attached hydrogen (secondary N) is 2. The number of hydrogen-bond donors (Lipinski definition) is 3. The molecule has 0 aromatic heterocycles. The Morgan fingerprint density at radius 3 is 2.97 bits per heavy atom.